The van der Waals surface area contributed by atoms with Gasteiger partial charge >= 0.3 is 0 Å². The summed E-state index contributed by atoms with van der Waals surface area (Å²) in [7, 11) is 0. The van der Waals surface area contributed by atoms with Gasteiger partial charge in [0.25, 0.3) is 0 Å². The minimum absolute atomic E-state index is 0.147. The lowest BCUT2D eigenvalue weighted by atomic mass is 9.95. The number of rotatable bonds is 3. The first-order chi connectivity index (χ1) is 5.70. The molecule has 1 aliphatic rings. The number of hydrogen-bond donors (Lipinski definition) is 1. The highest BCUT2D eigenvalue weighted by molar-refractivity contribution is 5.85. The topological polar surface area (TPSA) is 29.1 Å². The van der Waals surface area contributed by atoms with E-state index in [1.807, 2.05) is 13.8 Å². The van der Waals surface area contributed by atoms with Crippen molar-refractivity contribution in [1.82, 2.24) is 5.32 Å². The van der Waals surface area contributed by atoms with E-state index in [1.165, 1.54) is 18.8 Å². The number of Topliss-reactive ketones (excluding diaryl/α,β-unsaturated/α-hetero) is 1. The second kappa shape index (κ2) is 4.61. The molecule has 1 saturated heterocycles. The fourth-order valence-electron chi connectivity index (χ4n) is 1.60. The van der Waals surface area contributed by atoms with Gasteiger partial charge < -0.3 is 5.32 Å². The zero-order valence-corrected chi connectivity index (χ0v) is 8.02. The number of carbonyl (C=O) groups excluding carboxylic acids is 1. The average molecular weight is 168 g/mol. The Morgan fingerprint density at radius 2 is 2.17 bits per heavy atom. The molecule has 0 aliphatic carbocycles. The largest absolute Gasteiger partial charge is 0.307 e. The highest BCUT2D eigenvalue weighted by atomic mass is 16.1. The van der Waals surface area contributed by atoms with Crippen molar-refractivity contribution in [3.05, 3.63) is 5.92 Å². The standard InChI is InChI=1S/C10H18NO/c1-8(2)7-10(12)9-5-3-4-6-11-9/h9,11H,3-7H2,1-2H3/t9-/m0/s1. The van der Waals surface area contributed by atoms with Crippen molar-refractivity contribution < 1.29 is 4.79 Å². The minimum atomic E-state index is 0.147. The molecule has 0 aromatic rings. The third-order valence-electron chi connectivity index (χ3n) is 2.23. The first kappa shape index (κ1) is 9.72. The predicted molar refractivity (Wildman–Crippen MR) is 49.9 cm³/mol. The van der Waals surface area contributed by atoms with Gasteiger partial charge in [-0.3, -0.25) is 4.79 Å². The summed E-state index contributed by atoms with van der Waals surface area (Å²) in [4.78, 5) is 11.5. The summed E-state index contributed by atoms with van der Waals surface area (Å²) in [5.74, 6) is 1.59. The third kappa shape index (κ3) is 2.94. The Balaban J connectivity index is 2.30. The SMILES string of the molecule is C[C](C)CC(=O)[C@@H]1CCCCN1. The Bertz CT molecular complexity index is 148. The normalized spacial score (nSPS) is 24.4. The molecule has 0 unspecified atom stereocenters. The van der Waals surface area contributed by atoms with Gasteiger partial charge in [-0.15, -0.1) is 0 Å². The molecule has 0 spiro atoms. The summed E-state index contributed by atoms with van der Waals surface area (Å²) in [5.41, 5.74) is 0. The fraction of sp³-hybridized carbons (Fsp3) is 0.800. The van der Waals surface area contributed by atoms with Crippen molar-refractivity contribution >= 4 is 5.78 Å². The Labute approximate surface area is 74.7 Å². The van der Waals surface area contributed by atoms with E-state index in [0.29, 0.717) is 12.2 Å². The lowest BCUT2D eigenvalue weighted by molar-refractivity contribution is -0.121. The molecule has 0 aromatic carbocycles. The molecule has 0 aromatic heterocycles. The number of ketones is 1. The van der Waals surface area contributed by atoms with Crippen LogP contribution in [0.15, 0.2) is 0 Å². The van der Waals surface area contributed by atoms with Crippen molar-refractivity contribution in [1.29, 1.82) is 0 Å². The van der Waals surface area contributed by atoms with E-state index in [0.717, 1.165) is 13.0 Å². The lowest BCUT2D eigenvalue weighted by Gasteiger charge is -2.22. The van der Waals surface area contributed by atoms with E-state index in [2.05, 4.69) is 5.32 Å². The smallest absolute Gasteiger partial charge is 0.150 e. The van der Waals surface area contributed by atoms with Crippen LogP contribution in [0.2, 0.25) is 0 Å². The van der Waals surface area contributed by atoms with Crippen molar-refractivity contribution in [2.45, 2.75) is 45.6 Å². The maximum atomic E-state index is 11.5. The molecule has 1 N–H and O–H groups in total. The van der Waals surface area contributed by atoms with Crippen LogP contribution in [-0.2, 0) is 4.79 Å². The lowest BCUT2D eigenvalue weighted by Crippen LogP contribution is -2.40. The summed E-state index contributed by atoms with van der Waals surface area (Å²) >= 11 is 0. The second-order valence-corrected chi connectivity index (χ2v) is 3.85. The van der Waals surface area contributed by atoms with Crippen LogP contribution in [0.1, 0.15) is 39.5 Å². The summed E-state index contributed by atoms with van der Waals surface area (Å²) in [6, 6.07) is 0.147. The van der Waals surface area contributed by atoms with E-state index in [9.17, 15) is 4.79 Å². The number of hydrogen-bond acceptors (Lipinski definition) is 2. The Morgan fingerprint density at radius 1 is 1.42 bits per heavy atom. The van der Waals surface area contributed by atoms with E-state index >= 15 is 0 Å². The molecule has 1 heterocycles. The zero-order valence-electron chi connectivity index (χ0n) is 8.02. The van der Waals surface area contributed by atoms with Gasteiger partial charge in [0.2, 0.25) is 0 Å². The molecule has 1 radical (unpaired) electrons. The molecule has 1 rings (SSSR count). The van der Waals surface area contributed by atoms with Gasteiger partial charge in [-0.2, -0.15) is 0 Å². The Kier molecular flexibility index (Phi) is 3.73. The summed E-state index contributed by atoms with van der Waals surface area (Å²) in [6.45, 7) is 5.04. The van der Waals surface area contributed by atoms with Crippen molar-refractivity contribution in [3.8, 4) is 0 Å². The van der Waals surface area contributed by atoms with Crippen molar-refractivity contribution in [3.63, 3.8) is 0 Å². The molecular weight excluding hydrogens is 150 g/mol. The number of nitrogens with one attached hydrogen (secondary N) is 1. The summed E-state index contributed by atoms with van der Waals surface area (Å²) < 4.78 is 0. The molecule has 0 saturated carbocycles. The number of piperidine rings is 1. The van der Waals surface area contributed by atoms with Gasteiger partial charge in [0.15, 0.2) is 0 Å². The molecule has 12 heavy (non-hydrogen) atoms. The Hall–Kier alpha value is -0.370. The monoisotopic (exact) mass is 168 g/mol. The van der Waals surface area contributed by atoms with Crippen LogP contribution >= 0.6 is 0 Å². The van der Waals surface area contributed by atoms with E-state index in [1.54, 1.807) is 0 Å². The summed E-state index contributed by atoms with van der Waals surface area (Å²) in [6.07, 6.45) is 4.11. The molecule has 2 nitrogen and oxygen atoms in total. The van der Waals surface area contributed by atoms with Crippen LogP contribution in [-0.4, -0.2) is 18.4 Å². The molecule has 0 amide bonds. The van der Waals surface area contributed by atoms with E-state index < -0.39 is 0 Å². The van der Waals surface area contributed by atoms with Crippen LogP contribution < -0.4 is 5.32 Å². The molecule has 1 fully saturated rings. The predicted octanol–water partition coefficient (Wildman–Crippen LogP) is 1.70. The highest BCUT2D eigenvalue weighted by Crippen LogP contribution is 2.12. The van der Waals surface area contributed by atoms with Gasteiger partial charge in [-0.1, -0.05) is 20.3 Å². The van der Waals surface area contributed by atoms with Gasteiger partial charge in [0, 0.05) is 6.42 Å². The first-order valence-corrected chi connectivity index (χ1v) is 4.75. The van der Waals surface area contributed by atoms with Gasteiger partial charge in [0.1, 0.15) is 5.78 Å². The molecule has 0 bridgehead atoms. The van der Waals surface area contributed by atoms with Gasteiger partial charge in [-0.05, 0) is 25.3 Å². The van der Waals surface area contributed by atoms with Crippen LogP contribution in [0.5, 0.6) is 0 Å². The van der Waals surface area contributed by atoms with E-state index in [-0.39, 0.29) is 6.04 Å². The summed E-state index contributed by atoms with van der Waals surface area (Å²) in [5, 5.41) is 3.26. The van der Waals surface area contributed by atoms with Crippen molar-refractivity contribution in [2.75, 3.05) is 6.54 Å². The van der Waals surface area contributed by atoms with Crippen LogP contribution in [0.4, 0.5) is 0 Å². The first-order valence-electron chi connectivity index (χ1n) is 4.75. The van der Waals surface area contributed by atoms with Gasteiger partial charge in [-0.25, -0.2) is 0 Å². The molecule has 2 heteroatoms. The maximum Gasteiger partial charge on any atom is 0.150 e. The van der Waals surface area contributed by atoms with Crippen molar-refractivity contribution in [2.24, 2.45) is 0 Å². The highest BCUT2D eigenvalue weighted by Gasteiger charge is 2.20. The molecule has 1 aliphatic heterocycles. The quantitative estimate of drug-likeness (QED) is 0.695. The van der Waals surface area contributed by atoms with Gasteiger partial charge in [0.05, 0.1) is 6.04 Å². The molecule has 1 atom stereocenters. The maximum absolute atomic E-state index is 11.5. The van der Waals surface area contributed by atoms with Crippen LogP contribution in [0.25, 0.3) is 0 Å². The number of carbonyl (C=O) groups is 1. The fourth-order valence-corrected chi connectivity index (χ4v) is 1.60. The zero-order chi connectivity index (χ0) is 8.97. The van der Waals surface area contributed by atoms with Crippen LogP contribution in [0.3, 0.4) is 0 Å². The second-order valence-electron chi connectivity index (χ2n) is 3.85. The minimum Gasteiger partial charge on any atom is -0.307 e. The molecular formula is C10H18NO. The third-order valence-corrected chi connectivity index (χ3v) is 2.23. The average Bonchev–Trinajstić information content (AvgIpc) is 2.05. The Morgan fingerprint density at radius 3 is 2.67 bits per heavy atom. The van der Waals surface area contributed by atoms with Crippen LogP contribution in [0, 0.1) is 5.92 Å². The molecule has 69 valence electrons. The van der Waals surface area contributed by atoms with E-state index in [4.69, 9.17) is 0 Å².